The van der Waals surface area contributed by atoms with Gasteiger partial charge in [0.15, 0.2) is 11.5 Å². The van der Waals surface area contributed by atoms with Crippen molar-refractivity contribution in [3.05, 3.63) is 11.9 Å². The van der Waals surface area contributed by atoms with Gasteiger partial charge in [0.05, 0.1) is 11.9 Å². The number of aromatic nitrogens is 2. The average molecular weight is 320 g/mol. The molecule has 23 heavy (non-hydrogen) atoms. The predicted octanol–water partition coefficient (Wildman–Crippen LogP) is -0.807. The number of carbonyl (C=O) groups is 2. The molecule has 0 radical (unpaired) electrons. The van der Waals surface area contributed by atoms with Crippen LogP contribution in [0.3, 0.4) is 0 Å². The lowest BCUT2D eigenvalue weighted by molar-refractivity contribution is -0.118. The first-order valence-corrected chi connectivity index (χ1v) is 6.88. The molecule has 10 heteroatoms. The van der Waals surface area contributed by atoms with Gasteiger partial charge in [0.2, 0.25) is 5.91 Å². The van der Waals surface area contributed by atoms with E-state index in [0.29, 0.717) is 18.7 Å². The minimum atomic E-state index is -0.793. The molecule has 0 fully saturated rings. The molecule has 0 aliphatic heterocycles. The van der Waals surface area contributed by atoms with E-state index in [1.807, 2.05) is 0 Å². The second-order valence-corrected chi connectivity index (χ2v) is 4.58. The Bertz CT molecular complexity index is 628. The van der Waals surface area contributed by atoms with Crippen LogP contribution in [-0.4, -0.2) is 53.3 Å². The molecule has 10 nitrogen and oxygen atoms in total. The minimum Gasteiger partial charge on any atom is -0.368 e. The summed E-state index contributed by atoms with van der Waals surface area (Å²) in [5, 5.41) is 13.0. The normalized spacial score (nSPS) is 12.5. The van der Waals surface area contributed by atoms with Crippen molar-refractivity contribution in [2.45, 2.75) is 19.4 Å². The van der Waals surface area contributed by atoms with Crippen molar-refractivity contribution < 1.29 is 9.59 Å². The zero-order valence-electron chi connectivity index (χ0n) is 13.0. The van der Waals surface area contributed by atoms with Crippen molar-refractivity contribution in [2.75, 3.05) is 18.9 Å². The van der Waals surface area contributed by atoms with E-state index in [4.69, 9.17) is 16.9 Å². The Morgan fingerprint density at radius 1 is 1.48 bits per heavy atom. The Labute approximate surface area is 133 Å². The number of hydrogen-bond acceptors (Lipinski definition) is 8. The first-order valence-electron chi connectivity index (χ1n) is 6.88. The van der Waals surface area contributed by atoms with Gasteiger partial charge in [0.1, 0.15) is 11.9 Å². The number of amides is 2. The molecule has 0 aliphatic carbocycles. The Hall–Kier alpha value is -2.88. The largest absolute Gasteiger partial charge is 0.368 e. The Kier molecular flexibility index (Phi) is 6.74. The second kappa shape index (κ2) is 8.54. The van der Waals surface area contributed by atoms with Gasteiger partial charge in [-0.3, -0.25) is 9.59 Å². The third-order valence-corrected chi connectivity index (χ3v) is 2.84. The Balaban J connectivity index is 3.24. The molecular weight excluding hydrogens is 300 g/mol. The number of nitrogens with one attached hydrogen (secondary N) is 3. The molecule has 1 aromatic heterocycles. The zero-order valence-corrected chi connectivity index (χ0v) is 13.0. The van der Waals surface area contributed by atoms with E-state index in [0.717, 1.165) is 6.21 Å². The highest BCUT2D eigenvalue weighted by Crippen LogP contribution is 2.17. The summed E-state index contributed by atoms with van der Waals surface area (Å²) in [5.41, 5.74) is 10.7. The second-order valence-electron chi connectivity index (χ2n) is 4.58. The van der Waals surface area contributed by atoms with Gasteiger partial charge in [0.25, 0.3) is 5.91 Å². The molecule has 1 heterocycles. The van der Waals surface area contributed by atoms with Crippen LogP contribution in [0.4, 0.5) is 11.6 Å². The van der Waals surface area contributed by atoms with Gasteiger partial charge in [-0.1, -0.05) is 6.92 Å². The lowest BCUT2D eigenvalue weighted by Gasteiger charge is -2.14. The third-order valence-electron chi connectivity index (χ3n) is 2.84. The van der Waals surface area contributed by atoms with Crippen molar-refractivity contribution in [3.8, 4) is 0 Å². The Morgan fingerprint density at radius 2 is 2.17 bits per heavy atom. The van der Waals surface area contributed by atoms with Crippen LogP contribution in [0.1, 0.15) is 23.8 Å². The molecule has 1 rings (SSSR count). The van der Waals surface area contributed by atoms with Crippen LogP contribution in [0.2, 0.25) is 0 Å². The van der Waals surface area contributed by atoms with Crippen LogP contribution in [0, 0.1) is 5.41 Å². The van der Waals surface area contributed by atoms with Gasteiger partial charge in [0, 0.05) is 12.8 Å². The lowest BCUT2D eigenvalue weighted by atomic mass is 10.2. The number of rotatable bonds is 9. The highest BCUT2D eigenvalue weighted by atomic mass is 16.1. The summed E-state index contributed by atoms with van der Waals surface area (Å²) in [4.78, 5) is 34.9. The maximum Gasteiger partial charge on any atom is 0.271 e. The molecule has 1 atom stereocenters. The highest BCUT2D eigenvalue weighted by molar-refractivity contribution is 6.31. The van der Waals surface area contributed by atoms with E-state index in [2.05, 4.69) is 25.6 Å². The number of nitrogens with two attached hydrogens (primary N) is 2. The van der Waals surface area contributed by atoms with Gasteiger partial charge in [-0.25, -0.2) is 15.0 Å². The molecule has 0 aromatic carbocycles. The molecule has 124 valence electrons. The van der Waals surface area contributed by atoms with Crippen molar-refractivity contribution in [1.82, 2.24) is 15.3 Å². The lowest BCUT2D eigenvalue weighted by Crippen LogP contribution is -2.35. The van der Waals surface area contributed by atoms with Crippen molar-refractivity contribution >= 4 is 35.4 Å². The zero-order chi connectivity index (χ0) is 17.4. The number of primary amides is 2. The average Bonchev–Trinajstić information content (AvgIpc) is 2.51. The number of aliphatic imine (C=N–C) groups is 1. The van der Waals surface area contributed by atoms with Crippen molar-refractivity contribution in [2.24, 2.45) is 16.5 Å². The monoisotopic (exact) mass is 320 g/mol. The summed E-state index contributed by atoms with van der Waals surface area (Å²) in [6.07, 6.45) is 2.76. The molecule has 1 unspecified atom stereocenters. The summed E-state index contributed by atoms with van der Waals surface area (Å²) in [7, 11) is 1.69. The third kappa shape index (κ3) is 5.11. The molecule has 0 bridgehead atoms. The van der Waals surface area contributed by atoms with Crippen LogP contribution < -0.4 is 22.1 Å². The number of anilines is 1. The predicted molar refractivity (Wildman–Crippen MR) is 87.3 cm³/mol. The molecule has 7 N–H and O–H groups in total. The van der Waals surface area contributed by atoms with E-state index >= 15 is 0 Å². The van der Waals surface area contributed by atoms with Gasteiger partial charge in [-0.2, -0.15) is 0 Å². The van der Waals surface area contributed by atoms with E-state index in [1.54, 1.807) is 14.0 Å². The van der Waals surface area contributed by atoms with E-state index in [-0.39, 0.29) is 17.3 Å². The molecule has 0 saturated carbocycles. The van der Waals surface area contributed by atoms with Crippen molar-refractivity contribution in [3.63, 3.8) is 0 Å². The van der Waals surface area contributed by atoms with Gasteiger partial charge in [-0.15, -0.1) is 0 Å². The van der Waals surface area contributed by atoms with E-state index in [1.165, 1.54) is 6.20 Å². The number of hydrogen-bond donors (Lipinski definition) is 5. The molecule has 1 aromatic rings. The topological polar surface area (TPSA) is 172 Å². The maximum absolute atomic E-state index is 11.4. The summed E-state index contributed by atoms with van der Waals surface area (Å²) in [5.74, 6) is -1.13. The van der Waals surface area contributed by atoms with Crippen LogP contribution in [0.5, 0.6) is 0 Å². The standard InChI is InChI=1S/C13H20N8O2/c1-3-8(11(15)22)20-9-6-18-10(12(16)23)13(21-9)19-7(4-14)5-17-2/h4,6,8,14,17H,3,5H2,1-2H3,(H2,15,22)(H2,16,23)(H,20,21). The molecule has 0 saturated heterocycles. The van der Waals surface area contributed by atoms with Crippen LogP contribution in [0.15, 0.2) is 11.2 Å². The smallest absolute Gasteiger partial charge is 0.271 e. The maximum atomic E-state index is 11.4. The SMILES string of the molecule is CCC(Nc1cnc(C(N)=O)c(N=C(C=N)CNC)n1)C(N)=O. The van der Waals surface area contributed by atoms with Gasteiger partial charge >= 0.3 is 0 Å². The quantitative estimate of drug-likeness (QED) is 0.372. The van der Waals surface area contributed by atoms with Crippen molar-refractivity contribution in [1.29, 1.82) is 5.41 Å². The van der Waals surface area contributed by atoms with Gasteiger partial charge in [-0.05, 0) is 13.5 Å². The number of carbonyl (C=O) groups excluding carboxylic acids is 2. The van der Waals surface area contributed by atoms with Crippen LogP contribution >= 0.6 is 0 Å². The van der Waals surface area contributed by atoms with E-state index < -0.39 is 17.9 Å². The minimum absolute atomic E-state index is 0.0319. The molecular formula is C13H20N8O2. The number of nitrogens with zero attached hydrogens (tertiary/aromatic N) is 3. The van der Waals surface area contributed by atoms with E-state index in [9.17, 15) is 9.59 Å². The summed E-state index contributed by atoms with van der Waals surface area (Å²) in [6, 6.07) is -0.625. The fourth-order valence-corrected chi connectivity index (χ4v) is 1.69. The Morgan fingerprint density at radius 3 is 2.65 bits per heavy atom. The summed E-state index contributed by atoms with van der Waals surface area (Å²) in [6.45, 7) is 2.09. The molecule has 0 spiro atoms. The molecule has 2 amide bonds. The fourth-order valence-electron chi connectivity index (χ4n) is 1.69. The fraction of sp³-hybridized carbons (Fsp3) is 0.385. The highest BCUT2D eigenvalue weighted by Gasteiger charge is 2.17. The van der Waals surface area contributed by atoms with Crippen LogP contribution in [0.25, 0.3) is 0 Å². The van der Waals surface area contributed by atoms with Gasteiger partial charge < -0.3 is 27.5 Å². The summed E-state index contributed by atoms with van der Waals surface area (Å²) < 4.78 is 0. The molecule has 0 aliphatic rings. The first-order chi connectivity index (χ1) is 10.9. The summed E-state index contributed by atoms with van der Waals surface area (Å²) >= 11 is 0. The van der Waals surface area contributed by atoms with Crippen LogP contribution in [-0.2, 0) is 4.79 Å². The first kappa shape index (κ1) is 18.2.